The first-order valence-corrected chi connectivity index (χ1v) is 11.1. The lowest BCUT2D eigenvalue weighted by molar-refractivity contribution is 0.131. The topological polar surface area (TPSA) is 75.4 Å². The summed E-state index contributed by atoms with van der Waals surface area (Å²) >= 11 is 0. The second-order valence-corrected chi connectivity index (χ2v) is 7.95. The van der Waals surface area contributed by atoms with Crippen LogP contribution in [-0.4, -0.2) is 54.2 Å². The van der Waals surface area contributed by atoms with E-state index < -0.39 is 0 Å². The highest BCUT2D eigenvalue weighted by molar-refractivity contribution is 5.83. The summed E-state index contributed by atoms with van der Waals surface area (Å²) in [5.41, 5.74) is 0.775. The Labute approximate surface area is 187 Å². The molecular weight excluding hydrogens is 408 g/mol. The SMILES string of the molecule is CCOc1ccccc1Oc1c(C)oc2c(CN3CCN(CC)CC3)c(O)ccc2c1=O. The van der Waals surface area contributed by atoms with Crippen molar-refractivity contribution >= 4 is 11.0 Å². The van der Waals surface area contributed by atoms with E-state index in [4.69, 9.17) is 13.9 Å². The molecule has 3 aromatic rings. The lowest BCUT2D eigenvalue weighted by Crippen LogP contribution is -2.45. The Kier molecular flexibility index (Phi) is 6.67. The van der Waals surface area contributed by atoms with Gasteiger partial charge in [0, 0.05) is 32.7 Å². The minimum Gasteiger partial charge on any atom is -0.507 e. The zero-order valence-electron chi connectivity index (χ0n) is 18.9. The molecule has 1 saturated heterocycles. The Bertz CT molecular complexity index is 1150. The van der Waals surface area contributed by atoms with Gasteiger partial charge in [0.2, 0.25) is 11.2 Å². The van der Waals surface area contributed by atoms with Crippen molar-refractivity contribution in [3.63, 3.8) is 0 Å². The molecule has 7 nitrogen and oxygen atoms in total. The van der Waals surface area contributed by atoms with Gasteiger partial charge < -0.3 is 23.9 Å². The second-order valence-electron chi connectivity index (χ2n) is 7.95. The smallest absolute Gasteiger partial charge is 0.235 e. The van der Waals surface area contributed by atoms with Crippen molar-refractivity contribution in [3.05, 3.63) is 57.9 Å². The van der Waals surface area contributed by atoms with Crippen molar-refractivity contribution in [3.8, 4) is 23.0 Å². The highest BCUT2D eigenvalue weighted by Gasteiger charge is 2.22. The van der Waals surface area contributed by atoms with Crippen molar-refractivity contribution in [1.29, 1.82) is 0 Å². The first-order chi connectivity index (χ1) is 15.5. The molecule has 4 rings (SSSR count). The fourth-order valence-corrected chi connectivity index (χ4v) is 4.07. The quantitative estimate of drug-likeness (QED) is 0.594. The summed E-state index contributed by atoms with van der Waals surface area (Å²) < 4.78 is 17.7. The molecule has 0 atom stereocenters. The van der Waals surface area contributed by atoms with Crippen LogP contribution in [0.1, 0.15) is 25.2 Å². The van der Waals surface area contributed by atoms with E-state index in [-0.39, 0.29) is 16.9 Å². The van der Waals surface area contributed by atoms with Gasteiger partial charge in [-0.2, -0.15) is 0 Å². The number of phenols is 1. The van der Waals surface area contributed by atoms with E-state index in [2.05, 4.69) is 16.7 Å². The van der Waals surface area contributed by atoms with Gasteiger partial charge in [0.25, 0.3) is 0 Å². The first kappa shape index (κ1) is 22.2. The van der Waals surface area contributed by atoms with Crippen LogP contribution in [-0.2, 0) is 6.54 Å². The molecule has 1 aliphatic heterocycles. The van der Waals surface area contributed by atoms with E-state index in [1.165, 1.54) is 0 Å². The standard InChI is InChI=1S/C25H30N2O5/c1-4-26-12-14-27(15-13-26)16-19-20(28)11-10-18-23(29)24(17(3)31-25(18)19)32-22-9-7-6-8-21(22)30-5-2/h6-11,28H,4-5,12-16H2,1-3H3. The van der Waals surface area contributed by atoms with E-state index >= 15 is 0 Å². The maximum atomic E-state index is 13.3. The predicted octanol–water partition coefficient (Wildman–Crippen LogP) is 4.14. The minimum atomic E-state index is -0.271. The van der Waals surface area contributed by atoms with Crippen LogP contribution in [0, 0.1) is 6.92 Å². The molecular formula is C25H30N2O5. The highest BCUT2D eigenvalue weighted by atomic mass is 16.5. The van der Waals surface area contributed by atoms with Crippen molar-refractivity contribution in [2.24, 2.45) is 0 Å². The monoisotopic (exact) mass is 438 g/mol. The molecule has 1 aliphatic rings. The molecule has 0 radical (unpaired) electrons. The summed E-state index contributed by atoms with van der Waals surface area (Å²) in [5.74, 6) is 1.63. The van der Waals surface area contributed by atoms with Crippen LogP contribution in [0.3, 0.4) is 0 Å². The van der Waals surface area contributed by atoms with Gasteiger partial charge in [0.05, 0.1) is 17.6 Å². The molecule has 32 heavy (non-hydrogen) atoms. The van der Waals surface area contributed by atoms with Crippen LogP contribution in [0.15, 0.2) is 45.6 Å². The molecule has 0 unspecified atom stereocenters. The Morgan fingerprint density at radius 2 is 1.69 bits per heavy atom. The Balaban J connectivity index is 1.69. The molecule has 0 bridgehead atoms. The van der Waals surface area contributed by atoms with Crippen LogP contribution in [0.4, 0.5) is 0 Å². The minimum absolute atomic E-state index is 0.123. The summed E-state index contributed by atoms with van der Waals surface area (Å²) in [6.45, 7) is 11.6. The maximum Gasteiger partial charge on any atom is 0.235 e. The van der Waals surface area contributed by atoms with Gasteiger partial charge in [-0.25, -0.2) is 0 Å². The lowest BCUT2D eigenvalue weighted by atomic mass is 10.1. The van der Waals surface area contributed by atoms with Gasteiger partial charge in [0.1, 0.15) is 17.1 Å². The van der Waals surface area contributed by atoms with E-state index in [0.29, 0.717) is 46.9 Å². The number of likely N-dealkylation sites (N-methyl/N-ethyl adjacent to an activating group) is 1. The average Bonchev–Trinajstić information content (AvgIpc) is 2.80. The largest absolute Gasteiger partial charge is 0.507 e. The molecule has 2 aromatic carbocycles. The van der Waals surface area contributed by atoms with Gasteiger partial charge >= 0.3 is 0 Å². The first-order valence-electron chi connectivity index (χ1n) is 11.1. The number of benzene rings is 2. The molecule has 1 aromatic heterocycles. The molecule has 0 aliphatic carbocycles. The van der Waals surface area contributed by atoms with Crippen LogP contribution < -0.4 is 14.9 Å². The summed E-state index contributed by atoms with van der Waals surface area (Å²) in [4.78, 5) is 18.0. The summed E-state index contributed by atoms with van der Waals surface area (Å²) in [6.07, 6.45) is 0. The van der Waals surface area contributed by atoms with Crippen molar-refractivity contribution in [1.82, 2.24) is 9.80 Å². The fraction of sp³-hybridized carbons (Fsp3) is 0.400. The normalized spacial score (nSPS) is 15.2. The predicted molar refractivity (Wildman–Crippen MR) is 124 cm³/mol. The molecule has 0 amide bonds. The van der Waals surface area contributed by atoms with Crippen LogP contribution >= 0.6 is 0 Å². The number of aromatic hydroxyl groups is 1. The van der Waals surface area contributed by atoms with Gasteiger partial charge in [-0.15, -0.1) is 0 Å². The van der Waals surface area contributed by atoms with Crippen molar-refractivity contribution < 1.29 is 19.0 Å². The number of piperazine rings is 1. The number of hydrogen-bond donors (Lipinski definition) is 1. The van der Waals surface area contributed by atoms with E-state index in [1.807, 2.05) is 19.1 Å². The molecule has 1 N–H and O–H groups in total. The number of phenolic OH excluding ortho intramolecular Hbond substituents is 1. The molecule has 7 heteroatoms. The number of ether oxygens (including phenoxy) is 2. The lowest BCUT2D eigenvalue weighted by Gasteiger charge is -2.34. The number of aryl methyl sites for hydroxylation is 1. The van der Waals surface area contributed by atoms with Crippen molar-refractivity contribution in [2.45, 2.75) is 27.3 Å². The second kappa shape index (κ2) is 9.63. The van der Waals surface area contributed by atoms with E-state index in [9.17, 15) is 9.90 Å². The summed E-state index contributed by atoms with van der Waals surface area (Å²) in [5, 5.41) is 11.0. The van der Waals surface area contributed by atoms with Crippen LogP contribution in [0.2, 0.25) is 0 Å². The van der Waals surface area contributed by atoms with Crippen LogP contribution in [0.5, 0.6) is 23.0 Å². The van der Waals surface area contributed by atoms with Gasteiger partial charge in [-0.1, -0.05) is 19.1 Å². The molecule has 170 valence electrons. The Morgan fingerprint density at radius 1 is 1.00 bits per heavy atom. The Morgan fingerprint density at radius 3 is 2.38 bits per heavy atom. The van der Waals surface area contributed by atoms with Gasteiger partial charge in [0.15, 0.2) is 11.5 Å². The number of hydrogen-bond acceptors (Lipinski definition) is 7. The zero-order chi connectivity index (χ0) is 22.7. The average molecular weight is 439 g/mol. The number of rotatable bonds is 7. The number of fused-ring (bicyclic) bond motifs is 1. The van der Waals surface area contributed by atoms with Gasteiger partial charge in [-0.05, 0) is 44.7 Å². The third-order valence-corrected chi connectivity index (χ3v) is 5.92. The van der Waals surface area contributed by atoms with Gasteiger partial charge in [-0.3, -0.25) is 9.69 Å². The molecule has 0 saturated carbocycles. The van der Waals surface area contributed by atoms with Crippen molar-refractivity contribution in [2.75, 3.05) is 39.3 Å². The highest BCUT2D eigenvalue weighted by Crippen LogP contribution is 2.34. The number of nitrogens with zero attached hydrogens (tertiary/aromatic N) is 2. The summed E-state index contributed by atoms with van der Waals surface area (Å²) in [7, 11) is 0. The third kappa shape index (κ3) is 4.45. The van der Waals surface area contributed by atoms with E-state index in [1.54, 1.807) is 31.2 Å². The fourth-order valence-electron chi connectivity index (χ4n) is 4.07. The number of para-hydroxylation sites is 2. The van der Waals surface area contributed by atoms with Crippen LogP contribution in [0.25, 0.3) is 11.0 Å². The molecule has 2 heterocycles. The molecule has 1 fully saturated rings. The third-order valence-electron chi connectivity index (χ3n) is 5.92. The van der Waals surface area contributed by atoms with E-state index in [0.717, 1.165) is 32.7 Å². The summed E-state index contributed by atoms with van der Waals surface area (Å²) in [6, 6.07) is 10.4. The Hall–Kier alpha value is -3.03. The zero-order valence-corrected chi connectivity index (χ0v) is 18.9. The molecule has 0 spiro atoms. The maximum absolute atomic E-state index is 13.3.